The lowest BCUT2D eigenvalue weighted by molar-refractivity contribution is 0.102. The van der Waals surface area contributed by atoms with Crippen LogP contribution in [0.25, 0.3) is 0 Å². The average Bonchev–Trinajstić information content (AvgIpc) is 2.65. The lowest BCUT2D eigenvalue weighted by Crippen LogP contribution is -2.12. The number of carbonyl (C=O) groups is 1. The highest BCUT2D eigenvalue weighted by Gasteiger charge is 2.06. The third-order valence-electron chi connectivity index (χ3n) is 1.79. The molecule has 0 aliphatic rings. The van der Waals surface area contributed by atoms with Crippen molar-refractivity contribution in [2.75, 3.05) is 5.32 Å². The van der Waals surface area contributed by atoms with Gasteiger partial charge >= 0.3 is 0 Å². The first kappa shape index (κ1) is 9.32. The summed E-state index contributed by atoms with van der Waals surface area (Å²) in [6, 6.07) is 3.26. The zero-order chi connectivity index (χ0) is 10.7. The van der Waals surface area contributed by atoms with E-state index in [2.05, 4.69) is 20.6 Å². The number of pyridine rings is 1. The molecule has 6 nitrogen and oxygen atoms in total. The molecule has 0 spiro atoms. The van der Waals surface area contributed by atoms with E-state index in [0.29, 0.717) is 11.4 Å². The first-order chi connectivity index (χ1) is 7.25. The molecule has 0 fully saturated rings. The van der Waals surface area contributed by atoms with E-state index >= 15 is 0 Å². The van der Waals surface area contributed by atoms with Crippen molar-refractivity contribution in [3.05, 3.63) is 36.3 Å². The van der Waals surface area contributed by atoms with Crippen LogP contribution in [0, 0.1) is 0 Å². The Kier molecular flexibility index (Phi) is 2.40. The van der Waals surface area contributed by atoms with Crippen LogP contribution < -0.4 is 5.32 Å². The molecule has 0 aliphatic heterocycles. The van der Waals surface area contributed by atoms with Gasteiger partial charge in [-0.05, 0) is 12.1 Å². The smallest absolute Gasteiger partial charge is 0.257 e. The number of amides is 1. The third kappa shape index (κ3) is 2.16. The minimum atomic E-state index is -0.224. The predicted octanol–water partition coefficient (Wildman–Crippen LogP) is 0.462. The van der Waals surface area contributed by atoms with Gasteiger partial charge in [0.15, 0.2) is 5.82 Å². The molecule has 2 heterocycles. The topological polar surface area (TPSA) is 72.7 Å². The van der Waals surface area contributed by atoms with E-state index in [0.717, 1.165) is 0 Å². The second kappa shape index (κ2) is 3.87. The Labute approximate surface area is 85.9 Å². The number of anilines is 1. The largest absolute Gasteiger partial charge is 0.304 e. The van der Waals surface area contributed by atoms with Gasteiger partial charge in [0.25, 0.3) is 5.91 Å². The number of rotatable bonds is 2. The predicted molar refractivity (Wildman–Crippen MR) is 53.2 cm³/mol. The molecule has 6 heteroatoms. The fraction of sp³-hybridized carbons (Fsp3) is 0.111. The van der Waals surface area contributed by atoms with Crippen LogP contribution in [0.4, 0.5) is 5.82 Å². The molecule has 0 aromatic carbocycles. The van der Waals surface area contributed by atoms with Gasteiger partial charge in [-0.25, -0.2) is 0 Å². The van der Waals surface area contributed by atoms with E-state index in [-0.39, 0.29) is 5.91 Å². The highest BCUT2D eigenvalue weighted by Crippen LogP contribution is 2.03. The monoisotopic (exact) mass is 203 g/mol. The summed E-state index contributed by atoms with van der Waals surface area (Å²) in [7, 11) is 1.73. The van der Waals surface area contributed by atoms with Crippen molar-refractivity contribution in [1.82, 2.24) is 20.0 Å². The number of carbonyl (C=O) groups excluding carboxylic acids is 1. The van der Waals surface area contributed by atoms with Crippen LogP contribution in [-0.2, 0) is 7.05 Å². The molecule has 2 rings (SSSR count). The van der Waals surface area contributed by atoms with Crippen molar-refractivity contribution in [1.29, 1.82) is 0 Å². The van der Waals surface area contributed by atoms with Crippen molar-refractivity contribution in [2.24, 2.45) is 7.05 Å². The van der Waals surface area contributed by atoms with Crippen molar-refractivity contribution in [3.8, 4) is 0 Å². The first-order valence-electron chi connectivity index (χ1n) is 4.33. The molecule has 0 saturated heterocycles. The zero-order valence-electron chi connectivity index (χ0n) is 8.08. The molecule has 1 N–H and O–H groups in total. The van der Waals surface area contributed by atoms with Crippen LogP contribution in [0.2, 0.25) is 0 Å². The quantitative estimate of drug-likeness (QED) is 0.769. The van der Waals surface area contributed by atoms with Gasteiger partial charge in [-0.2, -0.15) is 0 Å². The summed E-state index contributed by atoms with van der Waals surface area (Å²) in [4.78, 5) is 15.4. The summed E-state index contributed by atoms with van der Waals surface area (Å²) in [6.07, 6.45) is 4.75. The summed E-state index contributed by atoms with van der Waals surface area (Å²) in [6.45, 7) is 0. The lowest BCUT2D eigenvalue weighted by Gasteiger charge is -1.99. The van der Waals surface area contributed by atoms with Crippen molar-refractivity contribution in [2.45, 2.75) is 0 Å². The van der Waals surface area contributed by atoms with Gasteiger partial charge in [-0.15, -0.1) is 5.10 Å². The Morgan fingerprint density at radius 2 is 2.13 bits per heavy atom. The number of hydrogen-bond acceptors (Lipinski definition) is 4. The molecule has 2 aromatic heterocycles. The maximum Gasteiger partial charge on any atom is 0.257 e. The van der Waals surface area contributed by atoms with Crippen LogP contribution in [0.5, 0.6) is 0 Å². The molecule has 1 amide bonds. The maximum atomic E-state index is 11.6. The Hall–Kier alpha value is -2.24. The van der Waals surface area contributed by atoms with Crippen LogP contribution in [0.15, 0.2) is 30.7 Å². The van der Waals surface area contributed by atoms with Gasteiger partial charge in [0.1, 0.15) is 0 Å². The minimum absolute atomic E-state index is 0.224. The molecule has 0 unspecified atom stereocenters. The molecule has 0 atom stereocenters. The highest BCUT2D eigenvalue weighted by molar-refractivity contribution is 6.03. The molecule has 15 heavy (non-hydrogen) atoms. The molecule has 0 radical (unpaired) electrons. The highest BCUT2D eigenvalue weighted by atomic mass is 16.1. The Morgan fingerprint density at radius 1 is 1.40 bits per heavy atom. The van der Waals surface area contributed by atoms with Crippen LogP contribution in [-0.4, -0.2) is 25.9 Å². The van der Waals surface area contributed by atoms with Gasteiger partial charge in [-0.1, -0.05) is 5.21 Å². The fourth-order valence-corrected chi connectivity index (χ4v) is 1.10. The lowest BCUT2D eigenvalue weighted by atomic mass is 10.2. The van der Waals surface area contributed by atoms with Gasteiger partial charge in [0.05, 0.1) is 6.20 Å². The summed E-state index contributed by atoms with van der Waals surface area (Å²) < 4.78 is 1.52. The number of aromatic nitrogens is 4. The average molecular weight is 203 g/mol. The number of nitrogens with one attached hydrogen (secondary N) is 1. The van der Waals surface area contributed by atoms with Gasteiger partial charge in [0.2, 0.25) is 0 Å². The summed E-state index contributed by atoms with van der Waals surface area (Å²) in [5, 5.41) is 10.1. The first-order valence-corrected chi connectivity index (χ1v) is 4.33. The summed E-state index contributed by atoms with van der Waals surface area (Å²) >= 11 is 0. The van der Waals surface area contributed by atoms with E-state index in [9.17, 15) is 4.79 Å². The third-order valence-corrected chi connectivity index (χ3v) is 1.79. The normalized spacial score (nSPS) is 9.93. The van der Waals surface area contributed by atoms with Gasteiger partial charge in [0, 0.05) is 25.0 Å². The maximum absolute atomic E-state index is 11.6. The van der Waals surface area contributed by atoms with Crippen LogP contribution >= 0.6 is 0 Å². The second-order valence-electron chi connectivity index (χ2n) is 2.97. The van der Waals surface area contributed by atoms with E-state index < -0.39 is 0 Å². The fourth-order valence-electron chi connectivity index (χ4n) is 1.10. The van der Waals surface area contributed by atoms with Crippen LogP contribution in [0.1, 0.15) is 10.4 Å². The van der Waals surface area contributed by atoms with Crippen LogP contribution in [0.3, 0.4) is 0 Å². The molecule has 2 aromatic rings. The van der Waals surface area contributed by atoms with E-state index in [1.807, 2.05) is 0 Å². The summed E-state index contributed by atoms with van der Waals surface area (Å²) in [5.74, 6) is 0.206. The number of nitrogens with zero attached hydrogens (tertiary/aromatic N) is 4. The Morgan fingerprint density at radius 3 is 2.73 bits per heavy atom. The molecule has 0 bridgehead atoms. The molecule has 0 saturated carbocycles. The molecular formula is C9H9N5O. The minimum Gasteiger partial charge on any atom is -0.304 e. The van der Waals surface area contributed by atoms with Crippen molar-refractivity contribution >= 4 is 11.7 Å². The van der Waals surface area contributed by atoms with E-state index in [4.69, 9.17) is 0 Å². The van der Waals surface area contributed by atoms with E-state index in [1.165, 1.54) is 4.68 Å². The van der Waals surface area contributed by atoms with E-state index in [1.54, 1.807) is 37.8 Å². The summed E-state index contributed by atoms with van der Waals surface area (Å²) in [5.41, 5.74) is 0.538. The second-order valence-corrected chi connectivity index (χ2v) is 2.97. The number of hydrogen-bond donors (Lipinski definition) is 1. The Balaban J connectivity index is 2.11. The SMILES string of the molecule is Cn1cc(NC(=O)c2ccncc2)nn1. The van der Waals surface area contributed by atoms with Gasteiger partial charge in [-0.3, -0.25) is 14.5 Å². The van der Waals surface area contributed by atoms with Crippen molar-refractivity contribution < 1.29 is 4.79 Å². The molecule has 0 aliphatic carbocycles. The number of aryl methyl sites for hydroxylation is 1. The molecular weight excluding hydrogens is 194 g/mol. The zero-order valence-corrected chi connectivity index (χ0v) is 8.08. The Bertz CT molecular complexity index is 464. The molecule has 76 valence electrons. The van der Waals surface area contributed by atoms with Crippen molar-refractivity contribution in [3.63, 3.8) is 0 Å². The standard InChI is InChI=1S/C9H9N5O/c1-14-6-8(12-13-14)11-9(15)7-2-4-10-5-3-7/h2-6H,1H3,(H,11,15). The van der Waals surface area contributed by atoms with Gasteiger partial charge < -0.3 is 5.32 Å².